The highest BCUT2D eigenvalue weighted by Gasteiger charge is 2.19. The molecular formula is C24H26ClN7O2. The maximum absolute atomic E-state index is 11.8. The van der Waals surface area contributed by atoms with Crippen LogP contribution < -0.4 is 21.3 Å². The number of primary amides is 1. The van der Waals surface area contributed by atoms with Gasteiger partial charge in [0.15, 0.2) is 11.5 Å². The first-order chi connectivity index (χ1) is 16.4. The maximum Gasteiger partial charge on any atom is 0.271 e. The van der Waals surface area contributed by atoms with E-state index in [4.69, 9.17) is 17.3 Å². The Morgan fingerprint density at radius 1 is 1.03 bits per heavy atom. The Labute approximate surface area is 202 Å². The zero-order valence-corrected chi connectivity index (χ0v) is 19.5. The van der Waals surface area contributed by atoms with Crippen LogP contribution in [0.3, 0.4) is 0 Å². The number of carbonyl (C=O) groups is 2. The molecule has 4 rings (SSSR count). The average molecular weight is 480 g/mol. The van der Waals surface area contributed by atoms with Crippen LogP contribution in [0.5, 0.6) is 0 Å². The minimum absolute atomic E-state index is 0.0626. The van der Waals surface area contributed by atoms with E-state index in [1.165, 1.54) is 0 Å². The van der Waals surface area contributed by atoms with Gasteiger partial charge in [0, 0.05) is 62.1 Å². The summed E-state index contributed by atoms with van der Waals surface area (Å²) in [7, 11) is 0. The first kappa shape index (κ1) is 23.3. The number of aromatic nitrogens is 2. The van der Waals surface area contributed by atoms with Gasteiger partial charge < -0.3 is 26.2 Å². The molecule has 0 unspecified atom stereocenters. The molecule has 3 aromatic rings. The molecule has 34 heavy (non-hydrogen) atoms. The van der Waals surface area contributed by atoms with Crippen molar-refractivity contribution in [3.63, 3.8) is 0 Å². The summed E-state index contributed by atoms with van der Waals surface area (Å²) in [6.07, 6.45) is 0. The Hall–Kier alpha value is -3.85. The number of nitrogens with one attached hydrogen (secondary N) is 2. The molecule has 2 amide bonds. The summed E-state index contributed by atoms with van der Waals surface area (Å²) in [6.45, 7) is 5.09. The van der Waals surface area contributed by atoms with Crippen molar-refractivity contribution in [1.82, 2.24) is 15.1 Å². The molecule has 1 saturated heterocycles. The maximum atomic E-state index is 11.8. The van der Waals surface area contributed by atoms with Gasteiger partial charge in [0.05, 0.1) is 5.69 Å². The van der Waals surface area contributed by atoms with Gasteiger partial charge in [-0.3, -0.25) is 9.59 Å². The van der Waals surface area contributed by atoms with Crippen LogP contribution in [-0.2, 0) is 11.3 Å². The number of rotatable bonds is 7. The lowest BCUT2D eigenvalue weighted by atomic mass is 10.2. The number of amides is 2. The average Bonchev–Trinajstić information content (AvgIpc) is 2.83. The van der Waals surface area contributed by atoms with E-state index in [0.717, 1.165) is 43.1 Å². The van der Waals surface area contributed by atoms with Crippen molar-refractivity contribution in [2.45, 2.75) is 13.5 Å². The minimum Gasteiger partial charge on any atom is -0.379 e. The molecule has 9 nitrogen and oxygen atoms in total. The summed E-state index contributed by atoms with van der Waals surface area (Å²) in [5.74, 6) is -0.0765. The van der Waals surface area contributed by atoms with Crippen molar-refractivity contribution < 1.29 is 9.59 Å². The topological polar surface area (TPSA) is 116 Å². The standard InChI is InChI=1S/C24H26ClN7O2/c1-16(33)31-9-11-32(12-10-31)20-7-5-19(6-8-20)28-22-14-21(23(24(26)34)30-29-22)27-15-17-3-2-4-18(25)13-17/h2-8,13-14H,9-12,15H2,1H3,(H2,26,34)(H2,27,28,29). The zero-order valence-electron chi connectivity index (χ0n) is 18.8. The molecule has 0 radical (unpaired) electrons. The lowest BCUT2D eigenvalue weighted by molar-refractivity contribution is -0.129. The number of hydrogen-bond donors (Lipinski definition) is 3. The third-order valence-corrected chi connectivity index (χ3v) is 5.86. The van der Waals surface area contributed by atoms with E-state index < -0.39 is 5.91 Å². The normalized spacial score (nSPS) is 13.5. The molecule has 0 saturated carbocycles. The summed E-state index contributed by atoms with van der Waals surface area (Å²) in [6, 6.07) is 17.1. The van der Waals surface area contributed by atoms with E-state index in [1.807, 2.05) is 47.4 Å². The Kier molecular flexibility index (Phi) is 7.12. The molecular weight excluding hydrogens is 454 g/mol. The zero-order chi connectivity index (χ0) is 24.1. The Balaban J connectivity index is 1.43. The van der Waals surface area contributed by atoms with Crippen molar-refractivity contribution in [2.24, 2.45) is 5.73 Å². The molecule has 0 bridgehead atoms. The van der Waals surface area contributed by atoms with Crippen LogP contribution in [0.4, 0.5) is 22.9 Å². The lowest BCUT2D eigenvalue weighted by Crippen LogP contribution is -2.48. The summed E-state index contributed by atoms with van der Waals surface area (Å²) in [5.41, 5.74) is 8.88. The van der Waals surface area contributed by atoms with Crippen LogP contribution in [0.25, 0.3) is 0 Å². The number of hydrogen-bond acceptors (Lipinski definition) is 7. The van der Waals surface area contributed by atoms with Gasteiger partial charge in [-0.2, -0.15) is 0 Å². The highest BCUT2D eigenvalue weighted by molar-refractivity contribution is 6.30. The number of halogens is 1. The van der Waals surface area contributed by atoms with Crippen molar-refractivity contribution in [2.75, 3.05) is 41.7 Å². The molecule has 4 N–H and O–H groups in total. The van der Waals surface area contributed by atoms with Gasteiger partial charge in [0.1, 0.15) is 0 Å². The predicted octanol–water partition coefficient (Wildman–Crippen LogP) is 3.25. The monoisotopic (exact) mass is 479 g/mol. The van der Waals surface area contributed by atoms with E-state index in [9.17, 15) is 9.59 Å². The summed E-state index contributed by atoms with van der Waals surface area (Å²) >= 11 is 6.05. The first-order valence-electron chi connectivity index (χ1n) is 10.9. The largest absolute Gasteiger partial charge is 0.379 e. The van der Waals surface area contributed by atoms with Gasteiger partial charge in [0.25, 0.3) is 5.91 Å². The molecule has 0 atom stereocenters. The van der Waals surface area contributed by atoms with Gasteiger partial charge in [-0.15, -0.1) is 10.2 Å². The second kappa shape index (κ2) is 10.4. The second-order valence-electron chi connectivity index (χ2n) is 8.00. The molecule has 1 aliphatic heterocycles. The van der Waals surface area contributed by atoms with Gasteiger partial charge >= 0.3 is 0 Å². The number of benzene rings is 2. The van der Waals surface area contributed by atoms with Crippen LogP contribution in [0.15, 0.2) is 54.6 Å². The van der Waals surface area contributed by atoms with Crippen LogP contribution in [0.1, 0.15) is 23.0 Å². The second-order valence-corrected chi connectivity index (χ2v) is 8.44. The molecule has 2 aromatic carbocycles. The van der Waals surface area contributed by atoms with E-state index in [2.05, 4.69) is 25.7 Å². The fourth-order valence-electron chi connectivity index (χ4n) is 3.80. The highest BCUT2D eigenvalue weighted by atomic mass is 35.5. The molecule has 0 spiro atoms. The van der Waals surface area contributed by atoms with Crippen molar-refractivity contribution >= 4 is 46.3 Å². The van der Waals surface area contributed by atoms with Crippen molar-refractivity contribution in [3.05, 3.63) is 70.9 Å². The minimum atomic E-state index is -0.665. The molecule has 1 fully saturated rings. The van der Waals surface area contributed by atoms with Crippen LogP contribution in [0.2, 0.25) is 5.02 Å². The number of nitrogens with two attached hydrogens (primary N) is 1. The number of nitrogens with zero attached hydrogens (tertiary/aromatic N) is 4. The Morgan fingerprint density at radius 2 is 1.76 bits per heavy atom. The molecule has 0 aliphatic carbocycles. The fraction of sp³-hybridized carbons (Fsp3) is 0.250. The van der Waals surface area contributed by atoms with Crippen molar-refractivity contribution in [1.29, 1.82) is 0 Å². The smallest absolute Gasteiger partial charge is 0.271 e. The van der Waals surface area contributed by atoms with E-state index in [1.54, 1.807) is 19.1 Å². The van der Waals surface area contributed by atoms with E-state index >= 15 is 0 Å². The van der Waals surface area contributed by atoms with Crippen LogP contribution >= 0.6 is 11.6 Å². The van der Waals surface area contributed by atoms with Gasteiger partial charge in [0.2, 0.25) is 5.91 Å². The molecule has 1 aromatic heterocycles. The third-order valence-electron chi connectivity index (χ3n) is 5.63. The third kappa shape index (κ3) is 5.74. The lowest BCUT2D eigenvalue weighted by Gasteiger charge is -2.35. The van der Waals surface area contributed by atoms with E-state index in [0.29, 0.717) is 23.1 Å². The quantitative estimate of drug-likeness (QED) is 0.476. The Bertz CT molecular complexity index is 1180. The molecule has 1 aliphatic rings. The fourth-order valence-corrected chi connectivity index (χ4v) is 4.01. The molecule has 10 heteroatoms. The number of piperazine rings is 1. The van der Waals surface area contributed by atoms with Gasteiger partial charge in [-0.1, -0.05) is 23.7 Å². The summed E-state index contributed by atoms with van der Waals surface area (Å²) in [5, 5.41) is 15.1. The van der Waals surface area contributed by atoms with Crippen LogP contribution in [0, 0.1) is 0 Å². The van der Waals surface area contributed by atoms with Crippen molar-refractivity contribution in [3.8, 4) is 0 Å². The van der Waals surface area contributed by atoms with Crippen LogP contribution in [-0.4, -0.2) is 53.1 Å². The van der Waals surface area contributed by atoms with E-state index in [-0.39, 0.29) is 11.6 Å². The Morgan fingerprint density at radius 3 is 2.41 bits per heavy atom. The number of carbonyl (C=O) groups excluding carboxylic acids is 2. The predicted molar refractivity (Wildman–Crippen MR) is 134 cm³/mol. The molecule has 176 valence electrons. The molecule has 2 heterocycles. The van der Waals surface area contributed by atoms with Gasteiger partial charge in [-0.05, 0) is 42.0 Å². The first-order valence-corrected chi connectivity index (χ1v) is 11.3. The number of anilines is 4. The summed E-state index contributed by atoms with van der Waals surface area (Å²) in [4.78, 5) is 27.4. The highest BCUT2D eigenvalue weighted by Crippen LogP contribution is 2.24. The SMILES string of the molecule is CC(=O)N1CCN(c2ccc(Nc3cc(NCc4cccc(Cl)c4)c(C(N)=O)nn3)cc2)CC1. The van der Waals surface area contributed by atoms with Gasteiger partial charge in [-0.25, -0.2) is 0 Å². The summed E-state index contributed by atoms with van der Waals surface area (Å²) < 4.78 is 0.